The first-order valence-electron chi connectivity index (χ1n) is 7.40. The van der Waals surface area contributed by atoms with E-state index in [9.17, 15) is 0 Å². The third-order valence-corrected chi connectivity index (χ3v) is 6.04. The minimum absolute atomic E-state index is 0.599. The summed E-state index contributed by atoms with van der Waals surface area (Å²) < 4.78 is 0. The Kier molecular flexibility index (Phi) is 4.73. The molecule has 1 aromatic rings. The second-order valence-electron chi connectivity index (χ2n) is 5.70. The van der Waals surface area contributed by atoms with Crippen molar-refractivity contribution in [3.8, 4) is 0 Å². The highest BCUT2D eigenvalue weighted by Crippen LogP contribution is 2.40. The number of alkyl halides is 1. The highest BCUT2D eigenvalue weighted by Gasteiger charge is 2.28. The topological polar surface area (TPSA) is 3.24 Å². The fourth-order valence-electron chi connectivity index (χ4n) is 3.32. The standard InChI is InChI=1S/C16H22ClNS/c17-10-14-6-2-1-5-9-18(14)11-13-12-19-16-8-4-3-7-15(13)16/h3-4,7-8,13-14H,1-2,5-6,9-12H2. The Balaban J connectivity index is 1.70. The van der Waals surface area contributed by atoms with Crippen LogP contribution in [-0.4, -0.2) is 35.7 Å². The third kappa shape index (κ3) is 3.12. The molecular formula is C16H22ClNS. The molecule has 104 valence electrons. The number of nitrogens with zero attached hydrogens (tertiary/aromatic N) is 1. The van der Waals surface area contributed by atoms with E-state index in [0.29, 0.717) is 12.0 Å². The van der Waals surface area contributed by atoms with Crippen molar-refractivity contribution < 1.29 is 0 Å². The highest BCUT2D eigenvalue weighted by molar-refractivity contribution is 7.99. The number of hydrogen-bond acceptors (Lipinski definition) is 2. The lowest BCUT2D eigenvalue weighted by Crippen LogP contribution is -2.39. The van der Waals surface area contributed by atoms with Gasteiger partial charge in [-0.15, -0.1) is 23.4 Å². The molecule has 0 radical (unpaired) electrons. The van der Waals surface area contributed by atoms with Crippen LogP contribution >= 0.6 is 23.4 Å². The van der Waals surface area contributed by atoms with Gasteiger partial charge in [0.2, 0.25) is 0 Å². The molecule has 0 saturated carbocycles. The van der Waals surface area contributed by atoms with Gasteiger partial charge in [0.05, 0.1) is 0 Å². The molecule has 2 unspecified atom stereocenters. The summed E-state index contributed by atoms with van der Waals surface area (Å²) in [6, 6.07) is 9.51. The normalized spacial score (nSPS) is 28.1. The Labute approximate surface area is 125 Å². The zero-order valence-electron chi connectivity index (χ0n) is 11.4. The van der Waals surface area contributed by atoms with Crippen LogP contribution in [0.3, 0.4) is 0 Å². The van der Waals surface area contributed by atoms with Gasteiger partial charge in [0.1, 0.15) is 0 Å². The molecule has 1 fully saturated rings. The molecule has 3 heteroatoms. The summed E-state index contributed by atoms with van der Waals surface area (Å²) in [5.41, 5.74) is 1.56. The molecule has 2 atom stereocenters. The maximum absolute atomic E-state index is 6.19. The molecule has 2 aliphatic rings. The highest BCUT2D eigenvalue weighted by atomic mass is 35.5. The van der Waals surface area contributed by atoms with E-state index in [1.807, 2.05) is 11.8 Å². The molecule has 0 bridgehead atoms. The predicted molar refractivity (Wildman–Crippen MR) is 84.5 cm³/mol. The van der Waals surface area contributed by atoms with E-state index in [2.05, 4.69) is 29.2 Å². The number of hydrogen-bond donors (Lipinski definition) is 0. The van der Waals surface area contributed by atoms with Crippen molar-refractivity contribution in [2.45, 2.75) is 42.5 Å². The van der Waals surface area contributed by atoms with Crippen LogP contribution in [0.5, 0.6) is 0 Å². The summed E-state index contributed by atoms with van der Waals surface area (Å²) in [4.78, 5) is 4.15. The van der Waals surface area contributed by atoms with Crippen molar-refractivity contribution in [3.05, 3.63) is 29.8 Å². The first-order chi connectivity index (χ1) is 9.38. The maximum Gasteiger partial charge on any atom is 0.0379 e. The maximum atomic E-state index is 6.19. The lowest BCUT2D eigenvalue weighted by molar-refractivity contribution is 0.207. The Morgan fingerprint density at radius 1 is 1.21 bits per heavy atom. The van der Waals surface area contributed by atoms with Gasteiger partial charge in [0.15, 0.2) is 0 Å². The van der Waals surface area contributed by atoms with Crippen LogP contribution < -0.4 is 0 Å². The van der Waals surface area contributed by atoms with E-state index in [1.165, 1.54) is 49.4 Å². The molecule has 1 aromatic carbocycles. The van der Waals surface area contributed by atoms with Crippen LogP contribution in [0, 0.1) is 0 Å². The fraction of sp³-hybridized carbons (Fsp3) is 0.625. The second-order valence-corrected chi connectivity index (χ2v) is 7.07. The third-order valence-electron chi connectivity index (χ3n) is 4.43. The molecule has 19 heavy (non-hydrogen) atoms. The second kappa shape index (κ2) is 6.51. The van der Waals surface area contributed by atoms with Gasteiger partial charge in [-0.1, -0.05) is 31.0 Å². The molecule has 0 spiro atoms. The number of halogens is 1. The smallest absolute Gasteiger partial charge is 0.0379 e. The SMILES string of the molecule is ClCC1CCCCCN1CC1CSc2ccccc21. The molecule has 0 N–H and O–H groups in total. The summed E-state index contributed by atoms with van der Waals surface area (Å²) in [7, 11) is 0. The van der Waals surface area contributed by atoms with Crippen molar-refractivity contribution in [1.82, 2.24) is 4.90 Å². The first kappa shape index (κ1) is 13.8. The van der Waals surface area contributed by atoms with Crippen molar-refractivity contribution in [3.63, 3.8) is 0 Å². The van der Waals surface area contributed by atoms with Crippen molar-refractivity contribution >= 4 is 23.4 Å². The first-order valence-corrected chi connectivity index (χ1v) is 8.92. The van der Waals surface area contributed by atoms with E-state index in [0.717, 1.165) is 5.88 Å². The fourth-order valence-corrected chi connectivity index (χ4v) is 4.91. The number of rotatable bonds is 3. The Hall–Kier alpha value is -0.180. The van der Waals surface area contributed by atoms with Crippen molar-refractivity contribution in [1.29, 1.82) is 0 Å². The van der Waals surface area contributed by atoms with Gasteiger partial charge in [0.25, 0.3) is 0 Å². The largest absolute Gasteiger partial charge is 0.299 e. The monoisotopic (exact) mass is 295 g/mol. The van der Waals surface area contributed by atoms with E-state index in [4.69, 9.17) is 11.6 Å². The van der Waals surface area contributed by atoms with Crippen LogP contribution in [0.15, 0.2) is 29.2 Å². The molecule has 0 amide bonds. The molecule has 2 aliphatic heterocycles. The van der Waals surface area contributed by atoms with Crippen LogP contribution in [0.1, 0.15) is 37.2 Å². The van der Waals surface area contributed by atoms with Gasteiger partial charge in [-0.3, -0.25) is 4.90 Å². The summed E-state index contributed by atoms with van der Waals surface area (Å²) >= 11 is 8.21. The van der Waals surface area contributed by atoms with E-state index >= 15 is 0 Å². The van der Waals surface area contributed by atoms with Gasteiger partial charge >= 0.3 is 0 Å². The Morgan fingerprint density at radius 3 is 3.00 bits per heavy atom. The molecule has 1 nitrogen and oxygen atoms in total. The lowest BCUT2D eigenvalue weighted by atomic mass is 10.00. The van der Waals surface area contributed by atoms with Gasteiger partial charge in [-0.2, -0.15) is 0 Å². The molecule has 2 heterocycles. The summed E-state index contributed by atoms with van der Waals surface area (Å²) in [6.07, 6.45) is 5.35. The van der Waals surface area contributed by atoms with Gasteiger partial charge < -0.3 is 0 Å². The van der Waals surface area contributed by atoms with Crippen LogP contribution in [-0.2, 0) is 0 Å². The van der Waals surface area contributed by atoms with Gasteiger partial charge in [-0.05, 0) is 31.0 Å². The van der Waals surface area contributed by atoms with Crippen molar-refractivity contribution in [2.24, 2.45) is 0 Å². The van der Waals surface area contributed by atoms with Gasteiger partial charge in [0, 0.05) is 35.0 Å². The summed E-state index contributed by atoms with van der Waals surface area (Å²) in [5.74, 6) is 2.73. The zero-order chi connectivity index (χ0) is 13.1. The molecular weight excluding hydrogens is 274 g/mol. The molecule has 0 aromatic heterocycles. The van der Waals surface area contributed by atoms with Crippen LogP contribution in [0.4, 0.5) is 0 Å². The van der Waals surface area contributed by atoms with E-state index < -0.39 is 0 Å². The molecule has 0 aliphatic carbocycles. The average Bonchev–Trinajstić information content (AvgIpc) is 2.71. The predicted octanol–water partition coefficient (Wildman–Crippen LogP) is 4.36. The Bertz CT molecular complexity index is 423. The number of thioether (sulfide) groups is 1. The number of likely N-dealkylation sites (tertiary alicyclic amines) is 1. The molecule has 3 rings (SSSR count). The zero-order valence-corrected chi connectivity index (χ0v) is 12.9. The van der Waals surface area contributed by atoms with Gasteiger partial charge in [-0.25, -0.2) is 0 Å². The number of benzene rings is 1. The van der Waals surface area contributed by atoms with E-state index in [1.54, 1.807) is 5.56 Å². The number of fused-ring (bicyclic) bond motifs is 1. The average molecular weight is 296 g/mol. The van der Waals surface area contributed by atoms with Crippen molar-refractivity contribution in [2.75, 3.05) is 24.7 Å². The Morgan fingerprint density at radius 2 is 2.11 bits per heavy atom. The van der Waals surface area contributed by atoms with Crippen LogP contribution in [0.2, 0.25) is 0 Å². The quantitative estimate of drug-likeness (QED) is 0.762. The summed E-state index contributed by atoms with van der Waals surface area (Å²) in [5, 5.41) is 0. The van der Waals surface area contributed by atoms with Crippen LogP contribution in [0.25, 0.3) is 0 Å². The van der Waals surface area contributed by atoms with E-state index in [-0.39, 0.29) is 0 Å². The molecule has 1 saturated heterocycles. The minimum atomic E-state index is 0.599. The minimum Gasteiger partial charge on any atom is -0.299 e. The lowest BCUT2D eigenvalue weighted by Gasteiger charge is -2.30. The summed E-state index contributed by atoms with van der Waals surface area (Å²) in [6.45, 7) is 2.43.